The Labute approximate surface area is 191 Å². The molecule has 0 aliphatic carbocycles. The van der Waals surface area contributed by atoms with Crippen molar-refractivity contribution in [1.82, 2.24) is 20.2 Å². The second kappa shape index (κ2) is 13.3. The van der Waals surface area contributed by atoms with Gasteiger partial charge in [-0.2, -0.15) is 0 Å². The van der Waals surface area contributed by atoms with Crippen LogP contribution in [-0.4, -0.2) is 41.8 Å². The lowest BCUT2D eigenvalue weighted by atomic mass is 10.2. The first-order chi connectivity index (χ1) is 13.5. The largest absolute Gasteiger partial charge is 0.497 e. The summed E-state index contributed by atoms with van der Waals surface area (Å²) in [5.74, 6) is 3.85. The molecule has 2 aromatic rings. The number of halogens is 1. The van der Waals surface area contributed by atoms with Crippen LogP contribution in [0.3, 0.4) is 0 Å². The summed E-state index contributed by atoms with van der Waals surface area (Å²) in [6.45, 7) is 11.4. The second-order valence-corrected chi connectivity index (χ2v) is 7.07. The van der Waals surface area contributed by atoms with Gasteiger partial charge in [-0.15, -0.1) is 24.0 Å². The predicted molar refractivity (Wildman–Crippen MR) is 128 cm³/mol. The number of nitrogens with one attached hydrogen (secondary N) is 2. The Hall–Kier alpha value is -1.97. The van der Waals surface area contributed by atoms with Gasteiger partial charge in [-0.05, 0) is 31.9 Å². The molecule has 0 fully saturated rings. The monoisotopic (exact) mass is 515 g/mol. The molecular formula is C21H34IN5O2. The van der Waals surface area contributed by atoms with Crippen LogP contribution in [0, 0.1) is 5.92 Å². The smallest absolute Gasteiger partial charge is 0.191 e. The van der Waals surface area contributed by atoms with E-state index in [0.717, 1.165) is 36.4 Å². The van der Waals surface area contributed by atoms with Gasteiger partial charge >= 0.3 is 0 Å². The third kappa shape index (κ3) is 8.93. The molecule has 8 heteroatoms. The summed E-state index contributed by atoms with van der Waals surface area (Å²) < 4.78 is 13.4. The van der Waals surface area contributed by atoms with Crippen LogP contribution in [-0.2, 0) is 13.1 Å². The van der Waals surface area contributed by atoms with Crippen LogP contribution in [0.4, 0.5) is 0 Å². The van der Waals surface area contributed by atoms with Gasteiger partial charge in [0.1, 0.15) is 30.0 Å². The van der Waals surface area contributed by atoms with Crippen LogP contribution in [0.2, 0.25) is 0 Å². The molecule has 0 saturated heterocycles. The van der Waals surface area contributed by atoms with Crippen molar-refractivity contribution in [2.24, 2.45) is 10.9 Å². The Morgan fingerprint density at radius 1 is 1.21 bits per heavy atom. The maximum Gasteiger partial charge on any atom is 0.191 e. The maximum atomic E-state index is 5.96. The lowest BCUT2D eigenvalue weighted by Crippen LogP contribution is -2.41. The Bertz CT molecular complexity index is 748. The van der Waals surface area contributed by atoms with Crippen molar-refractivity contribution in [3.8, 4) is 11.5 Å². The van der Waals surface area contributed by atoms with E-state index in [-0.39, 0.29) is 30.1 Å². The van der Waals surface area contributed by atoms with E-state index in [2.05, 4.69) is 39.0 Å². The van der Waals surface area contributed by atoms with Crippen LogP contribution in [0.15, 0.2) is 41.7 Å². The van der Waals surface area contributed by atoms with E-state index < -0.39 is 0 Å². The van der Waals surface area contributed by atoms with Crippen molar-refractivity contribution < 1.29 is 9.47 Å². The fourth-order valence-corrected chi connectivity index (χ4v) is 2.73. The van der Waals surface area contributed by atoms with Gasteiger partial charge in [0.15, 0.2) is 5.96 Å². The topological polar surface area (TPSA) is 72.7 Å². The molecule has 162 valence electrons. The van der Waals surface area contributed by atoms with Crippen LogP contribution in [0.25, 0.3) is 0 Å². The number of methoxy groups -OCH3 is 1. The maximum absolute atomic E-state index is 5.96. The minimum absolute atomic E-state index is 0. The first kappa shape index (κ1) is 25.1. The third-order valence-corrected chi connectivity index (χ3v) is 4.02. The molecule has 0 aliphatic rings. The molecule has 2 N–H and O–H groups in total. The van der Waals surface area contributed by atoms with Crippen LogP contribution in [0.1, 0.15) is 33.5 Å². The van der Waals surface area contributed by atoms with Crippen molar-refractivity contribution in [3.63, 3.8) is 0 Å². The van der Waals surface area contributed by atoms with Crippen molar-refractivity contribution in [1.29, 1.82) is 0 Å². The number of guanidine groups is 1. The van der Waals surface area contributed by atoms with Gasteiger partial charge < -0.3 is 24.7 Å². The van der Waals surface area contributed by atoms with Gasteiger partial charge in [0, 0.05) is 31.5 Å². The SMILES string of the molecule is CCNC(=NCc1nccn1CC(C)C)NCC(C)Oc1cccc(OC)c1.I. The lowest BCUT2D eigenvalue weighted by molar-refractivity contribution is 0.223. The summed E-state index contributed by atoms with van der Waals surface area (Å²) >= 11 is 0. The third-order valence-electron chi connectivity index (χ3n) is 4.02. The first-order valence-corrected chi connectivity index (χ1v) is 9.84. The van der Waals surface area contributed by atoms with Crippen LogP contribution < -0.4 is 20.1 Å². The molecule has 0 aliphatic heterocycles. The highest BCUT2D eigenvalue weighted by molar-refractivity contribution is 14.0. The highest BCUT2D eigenvalue weighted by Crippen LogP contribution is 2.19. The fourth-order valence-electron chi connectivity index (χ4n) is 2.73. The molecule has 1 aromatic carbocycles. The molecule has 0 amide bonds. The van der Waals surface area contributed by atoms with Crippen molar-refractivity contribution in [3.05, 3.63) is 42.5 Å². The average molecular weight is 515 g/mol. The van der Waals surface area contributed by atoms with E-state index in [1.165, 1.54) is 0 Å². The van der Waals surface area contributed by atoms with E-state index in [1.54, 1.807) is 7.11 Å². The molecule has 1 atom stereocenters. The number of aliphatic imine (C=N–C) groups is 1. The van der Waals surface area contributed by atoms with Gasteiger partial charge in [0.05, 0.1) is 13.7 Å². The second-order valence-electron chi connectivity index (χ2n) is 7.07. The number of imidazole rings is 1. The highest BCUT2D eigenvalue weighted by Gasteiger charge is 2.08. The van der Waals surface area contributed by atoms with Gasteiger partial charge in [0.2, 0.25) is 0 Å². The summed E-state index contributed by atoms with van der Waals surface area (Å²) in [6, 6.07) is 7.62. The zero-order chi connectivity index (χ0) is 20.4. The Morgan fingerprint density at radius 3 is 2.66 bits per heavy atom. The lowest BCUT2D eigenvalue weighted by Gasteiger charge is -2.18. The molecule has 29 heavy (non-hydrogen) atoms. The number of ether oxygens (including phenoxy) is 2. The van der Waals surface area contributed by atoms with E-state index in [0.29, 0.717) is 19.0 Å². The molecule has 1 unspecified atom stereocenters. The fraction of sp³-hybridized carbons (Fsp3) is 0.524. The van der Waals surface area contributed by atoms with Gasteiger partial charge in [0.25, 0.3) is 0 Å². The predicted octanol–water partition coefficient (Wildman–Crippen LogP) is 3.69. The standard InChI is InChI=1S/C21H33N5O2.HI/c1-6-22-21(25-14-20-23-10-11-26(20)15-16(2)3)24-13-17(4)28-19-9-7-8-18(12-19)27-5;/h7-12,16-17H,6,13-15H2,1-5H3,(H2,22,24,25);1H. The van der Waals surface area contributed by atoms with Gasteiger partial charge in [-0.3, -0.25) is 0 Å². The molecule has 0 radical (unpaired) electrons. The molecule has 0 spiro atoms. The zero-order valence-corrected chi connectivity index (χ0v) is 20.3. The Kier molecular flexibility index (Phi) is 11.5. The molecule has 1 aromatic heterocycles. The number of hydrogen-bond donors (Lipinski definition) is 2. The highest BCUT2D eigenvalue weighted by atomic mass is 127. The minimum Gasteiger partial charge on any atom is -0.497 e. The van der Waals surface area contributed by atoms with Crippen molar-refractivity contribution in [2.75, 3.05) is 20.2 Å². The normalized spacial score (nSPS) is 12.3. The summed E-state index contributed by atoms with van der Waals surface area (Å²) in [5, 5.41) is 6.61. The van der Waals surface area contributed by atoms with Gasteiger partial charge in [-0.25, -0.2) is 9.98 Å². The van der Waals surface area contributed by atoms with Crippen LogP contribution >= 0.6 is 24.0 Å². The van der Waals surface area contributed by atoms with E-state index in [1.807, 2.05) is 50.5 Å². The molecule has 0 saturated carbocycles. The van der Waals surface area contributed by atoms with E-state index in [4.69, 9.17) is 9.47 Å². The summed E-state index contributed by atoms with van der Waals surface area (Å²) in [4.78, 5) is 9.10. The van der Waals surface area contributed by atoms with Crippen molar-refractivity contribution in [2.45, 2.75) is 46.9 Å². The molecule has 0 bridgehead atoms. The summed E-state index contributed by atoms with van der Waals surface area (Å²) in [5.41, 5.74) is 0. The van der Waals surface area contributed by atoms with E-state index >= 15 is 0 Å². The number of nitrogens with zero attached hydrogens (tertiary/aromatic N) is 3. The van der Waals surface area contributed by atoms with Crippen LogP contribution in [0.5, 0.6) is 11.5 Å². The number of rotatable bonds is 10. The Balaban J connectivity index is 0.00000420. The van der Waals surface area contributed by atoms with E-state index in [9.17, 15) is 0 Å². The molecule has 7 nitrogen and oxygen atoms in total. The zero-order valence-electron chi connectivity index (χ0n) is 18.0. The molecule has 2 rings (SSSR count). The summed E-state index contributed by atoms with van der Waals surface area (Å²) in [6.07, 6.45) is 3.81. The quantitative estimate of drug-likeness (QED) is 0.287. The Morgan fingerprint density at radius 2 is 1.97 bits per heavy atom. The number of hydrogen-bond acceptors (Lipinski definition) is 4. The minimum atomic E-state index is -0.0288. The number of benzene rings is 1. The number of aromatic nitrogens is 2. The average Bonchev–Trinajstić information content (AvgIpc) is 3.10. The molecular weight excluding hydrogens is 481 g/mol. The summed E-state index contributed by atoms with van der Waals surface area (Å²) in [7, 11) is 1.65. The van der Waals surface area contributed by atoms with Gasteiger partial charge in [-0.1, -0.05) is 19.9 Å². The first-order valence-electron chi connectivity index (χ1n) is 9.84. The molecule has 1 heterocycles. The van der Waals surface area contributed by atoms with Crippen molar-refractivity contribution >= 4 is 29.9 Å².